The Morgan fingerprint density at radius 3 is 2.74 bits per heavy atom. The number of likely N-dealkylation sites (tertiary alicyclic amines) is 1. The van der Waals surface area contributed by atoms with Crippen molar-refractivity contribution in [1.82, 2.24) is 19.9 Å². The third-order valence-corrected chi connectivity index (χ3v) is 4.80. The zero-order valence-corrected chi connectivity index (χ0v) is 14.2. The maximum Gasteiger partial charge on any atom is 0.256 e. The zero-order chi connectivity index (χ0) is 16.2. The van der Waals surface area contributed by atoms with Crippen LogP contribution in [0.25, 0.3) is 5.69 Å². The van der Waals surface area contributed by atoms with Gasteiger partial charge in [0.2, 0.25) is 0 Å². The second-order valence-electron chi connectivity index (χ2n) is 6.10. The van der Waals surface area contributed by atoms with Crippen LogP contribution >= 0.6 is 12.6 Å². The Hall–Kier alpha value is -1.82. The van der Waals surface area contributed by atoms with Crippen molar-refractivity contribution in [3.63, 3.8) is 0 Å². The summed E-state index contributed by atoms with van der Waals surface area (Å²) < 4.78 is 0. The smallest absolute Gasteiger partial charge is 0.256 e. The number of thiol groups is 1. The van der Waals surface area contributed by atoms with Gasteiger partial charge < -0.3 is 4.90 Å². The van der Waals surface area contributed by atoms with Gasteiger partial charge in [0, 0.05) is 12.6 Å². The van der Waals surface area contributed by atoms with Gasteiger partial charge in [-0.1, -0.05) is 12.1 Å². The third kappa shape index (κ3) is 3.42. The van der Waals surface area contributed by atoms with Crippen molar-refractivity contribution in [2.24, 2.45) is 5.92 Å². The lowest BCUT2D eigenvalue weighted by molar-refractivity contribution is 0.0557. The van der Waals surface area contributed by atoms with Gasteiger partial charge in [-0.25, -0.2) is 0 Å². The van der Waals surface area contributed by atoms with E-state index < -0.39 is 0 Å². The van der Waals surface area contributed by atoms with Crippen molar-refractivity contribution in [1.29, 1.82) is 0 Å². The summed E-state index contributed by atoms with van der Waals surface area (Å²) in [7, 11) is 0. The largest absolute Gasteiger partial charge is 0.336 e. The van der Waals surface area contributed by atoms with Crippen molar-refractivity contribution in [2.75, 3.05) is 12.3 Å². The van der Waals surface area contributed by atoms with E-state index in [1.165, 1.54) is 11.2 Å². The van der Waals surface area contributed by atoms with Gasteiger partial charge in [0.1, 0.15) is 0 Å². The Labute approximate surface area is 142 Å². The molecule has 1 aliphatic rings. The molecule has 2 heterocycles. The van der Waals surface area contributed by atoms with Crippen molar-refractivity contribution in [2.45, 2.75) is 32.2 Å². The average molecular weight is 330 g/mol. The summed E-state index contributed by atoms with van der Waals surface area (Å²) >= 11 is 4.34. The van der Waals surface area contributed by atoms with E-state index in [4.69, 9.17) is 0 Å². The zero-order valence-electron chi connectivity index (χ0n) is 13.3. The minimum absolute atomic E-state index is 0.0641. The number of rotatable bonds is 4. The Morgan fingerprint density at radius 1 is 1.26 bits per heavy atom. The number of amides is 1. The predicted octanol–water partition coefficient (Wildman–Crippen LogP) is 2.83. The molecule has 6 heteroatoms. The number of hydrogen-bond donors (Lipinski definition) is 1. The van der Waals surface area contributed by atoms with E-state index in [9.17, 15) is 4.79 Å². The van der Waals surface area contributed by atoms with E-state index in [1.54, 1.807) is 12.4 Å². The van der Waals surface area contributed by atoms with Crippen LogP contribution in [0.15, 0.2) is 36.7 Å². The molecular weight excluding hydrogens is 308 g/mol. The maximum absolute atomic E-state index is 13.1. The van der Waals surface area contributed by atoms with Gasteiger partial charge in [-0.15, -0.1) is 0 Å². The molecule has 0 aliphatic carbocycles. The number of piperidine rings is 1. The lowest BCUT2D eigenvalue weighted by atomic mass is 9.91. The highest BCUT2D eigenvalue weighted by atomic mass is 32.1. The van der Waals surface area contributed by atoms with Gasteiger partial charge in [-0.05, 0) is 50.0 Å². The first kappa shape index (κ1) is 16.1. The first-order valence-electron chi connectivity index (χ1n) is 8.08. The molecule has 5 nitrogen and oxygen atoms in total. The highest BCUT2D eigenvalue weighted by Gasteiger charge is 2.30. The lowest BCUT2D eigenvalue weighted by Crippen LogP contribution is -2.46. The number of aromatic nitrogens is 3. The van der Waals surface area contributed by atoms with Gasteiger partial charge in [0.15, 0.2) is 0 Å². The fourth-order valence-electron chi connectivity index (χ4n) is 3.21. The summed E-state index contributed by atoms with van der Waals surface area (Å²) in [4.78, 5) is 16.6. The molecule has 3 rings (SSSR count). The van der Waals surface area contributed by atoms with E-state index in [0.717, 1.165) is 30.8 Å². The van der Waals surface area contributed by atoms with Crippen molar-refractivity contribution in [3.8, 4) is 5.69 Å². The van der Waals surface area contributed by atoms with Crippen molar-refractivity contribution < 1.29 is 4.79 Å². The molecule has 1 aromatic carbocycles. The van der Waals surface area contributed by atoms with Crippen LogP contribution in [-0.4, -0.2) is 44.1 Å². The molecule has 0 radical (unpaired) electrons. The van der Waals surface area contributed by atoms with Crippen LogP contribution in [0.1, 0.15) is 36.5 Å². The Morgan fingerprint density at radius 2 is 2.00 bits per heavy atom. The highest BCUT2D eigenvalue weighted by Crippen LogP contribution is 2.27. The van der Waals surface area contributed by atoms with Crippen LogP contribution in [0, 0.1) is 5.92 Å². The van der Waals surface area contributed by atoms with E-state index in [2.05, 4.69) is 29.7 Å². The van der Waals surface area contributed by atoms with Crippen LogP contribution in [-0.2, 0) is 0 Å². The number of benzene rings is 1. The van der Waals surface area contributed by atoms with Crippen LogP contribution in [0.4, 0.5) is 0 Å². The molecule has 1 saturated heterocycles. The Kier molecular flexibility index (Phi) is 5.00. The van der Waals surface area contributed by atoms with Crippen LogP contribution in [0.2, 0.25) is 0 Å². The number of carbonyl (C=O) groups excluding carboxylic acids is 1. The quantitative estimate of drug-likeness (QED) is 0.877. The Balaban J connectivity index is 1.88. The predicted molar refractivity (Wildman–Crippen MR) is 93.1 cm³/mol. The second kappa shape index (κ2) is 7.17. The first-order valence-corrected chi connectivity index (χ1v) is 8.71. The maximum atomic E-state index is 13.1. The average Bonchev–Trinajstić information content (AvgIpc) is 3.10. The summed E-state index contributed by atoms with van der Waals surface area (Å²) in [6, 6.07) is 7.79. The summed E-state index contributed by atoms with van der Waals surface area (Å²) in [5, 5.41) is 8.33. The Bertz CT molecular complexity index is 658. The van der Waals surface area contributed by atoms with Crippen LogP contribution in [0.5, 0.6) is 0 Å². The SMILES string of the molecule is C[C@@H]1CC[C@H](CCS)CN1C(=O)c1ccccc1-n1nccn1. The van der Waals surface area contributed by atoms with E-state index >= 15 is 0 Å². The highest BCUT2D eigenvalue weighted by molar-refractivity contribution is 7.80. The fourth-order valence-corrected chi connectivity index (χ4v) is 3.57. The van der Waals surface area contributed by atoms with Crippen LogP contribution < -0.4 is 0 Å². The van der Waals surface area contributed by atoms with E-state index in [1.807, 2.05) is 29.2 Å². The van der Waals surface area contributed by atoms with Gasteiger partial charge in [-0.2, -0.15) is 27.6 Å². The molecule has 1 amide bonds. The van der Waals surface area contributed by atoms with Crippen molar-refractivity contribution in [3.05, 3.63) is 42.2 Å². The molecule has 2 aromatic rings. The van der Waals surface area contributed by atoms with Gasteiger partial charge in [0.05, 0.1) is 23.6 Å². The first-order chi connectivity index (χ1) is 11.2. The lowest BCUT2D eigenvalue weighted by Gasteiger charge is -2.38. The minimum Gasteiger partial charge on any atom is -0.336 e. The van der Waals surface area contributed by atoms with Crippen molar-refractivity contribution >= 4 is 18.5 Å². The molecule has 122 valence electrons. The summed E-state index contributed by atoms with van der Waals surface area (Å²) in [5.41, 5.74) is 1.38. The molecular formula is C17H22N4OS. The molecule has 2 atom stereocenters. The summed E-state index contributed by atoms with van der Waals surface area (Å²) in [6.45, 7) is 2.94. The van der Waals surface area contributed by atoms with Gasteiger partial charge in [-0.3, -0.25) is 4.79 Å². The topological polar surface area (TPSA) is 51.0 Å². The van der Waals surface area contributed by atoms with E-state index in [0.29, 0.717) is 11.5 Å². The fraction of sp³-hybridized carbons (Fsp3) is 0.471. The molecule has 1 aromatic heterocycles. The molecule has 0 N–H and O–H groups in total. The standard InChI is InChI=1S/C17H22N4OS/c1-13-6-7-14(8-11-23)12-20(13)17(22)15-4-2-3-5-16(15)21-18-9-10-19-21/h2-5,9-10,13-14,23H,6-8,11-12H2,1H3/t13-,14-/m1/s1. The molecule has 23 heavy (non-hydrogen) atoms. The second-order valence-corrected chi connectivity index (χ2v) is 6.55. The molecule has 0 spiro atoms. The number of nitrogens with zero attached hydrogens (tertiary/aromatic N) is 4. The molecule has 0 bridgehead atoms. The molecule has 1 fully saturated rings. The van der Waals surface area contributed by atoms with Crippen LogP contribution in [0.3, 0.4) is 0 Å². The monoisotopic (exact) mass is 330 g/mol. The number of para-hydroxylation sites is 1. The summed E-state index contributed by atoms with van der Waals surface area (Å²) in [5.74, 6) is 1.48. The van der Waals surface area contributed by atoms with Gasteiger partial charge in [0.25, 0.3) is 5.91 Å². The molecule has 1 aliphatic heterocycles. The number of hydrogen-bond acceptors (Lipinski definition) is 4. The van der Waals surface area contributed by atoms with Gasteiger partial charge >= 0.3 is 0 Å². The van der Waals surface area contributed by atoms with E-state index in [-0.39, 0.29) is 11.9 Å². The minimum atomic E-state index is 0.0641. The summed E-state index contributed by atoms with van der Waals surface area (Å²) in [6.07, 6.45) is 6.52. The third-order valence-electron chi connectivity index (χ3n) is 4.55. The normalized spacial score (nSPS) is 21.4. The number of carbonyl (C=O) groups is 1. The molecule has 0 saturated carbocycles. The molecule has 0 unspecified atom stereocenters.